The van der Waals surface area contributed by atoms with Gasteiger partial charge in [0.1, 0.15) is 5.82 Å². The van der Waals surface area contributed by atoms with E-state index in [2.05, 4.69) is 10.3 Å². The normalized spacial score (nSPS) is 15.1. The second-order valence-corrected chi connectivity index (χ2v) is 6.94. The number of amides is 2. The van der Waals surface area contributed by atoms with Crippen molar-refractivity contribution in [1.82, 2.24) is 24.8 Å². The lowest BCUT2D eigenvalue weighted by atomic mass is 10.1. The molecule has 0 N–H and O–H groups in total. The van der Waals surface area contributed by atoms with E-state index in [1.54, 1.807) is 18.7 Å². The van der Waals surface area contributed by atoms with Gasteiger partial charge >= 0.3 is 6.18 Å². The van der Waals surface area contributed by atoms with Gasteiger partial charge in [0.2, 0.25) is 5.91 Å². The van der Waals surface area contributed by atoms with Gasteiger partial charge in [0, 0.05) is 32.1 Å². The zero-order valence-corrected chi connectivity index (χ0v) is 15.8. The Morgan fingerprint density at radius 1 is 1.00 bits per heavy atom. The van der Waals surface area contributed by atoms with E-state index in [1.807, 2.05) is 0 Å². The Morgan fingerprint density at radius 2 is 1.55 bits per heavy atom. The standard InChI is InChI=1S/C18H19F4N5O2/c1-11(2)16(28)25-7-9-26(10-8-25)17(29)14-15(18(20,21)22)27(24-23-14)13-5-3-12(19)4-6-13/h3-6,11H,7-10H2,1-2H3. The summed E-state index contributed by atoms with van der Waals surface area (Å²) >= 11 is 0. The van der Waals surface area contributed by atoms with E-state index in [4.69, 9.17) is 0 Å². The van der Waals surface area contributed by atoms with Gasteiger partial charge in [0.05, 0.1) is 5.69 Å². The average Bonchev–Trinajstić information content (AvgIpc) is 3.13. The number of carbonyl (C=O) groups excluding carboxylic acids is 2. The van der Waals surface area contributed by atoms with Crippen molar-refractivity contribution in [2.75, 3.05) is 26.2 Å². The molecule has 0 saturated carbocycles. The van der Waals surface area contributed by atoms with Crippen LogP contribution in [-0.4, -0.2) is 62.8 Å². The maximum atomic E-state index is 13.7. The molecule has 2 aromatic rings. The Kier molecular flexibility index (Phi) is 5.58. The molecular formula is C18H19F4N5O2. The highest BCUT2D eigenvalue weighted by Crippen LogP contribution is 2.33. The van der Waals surface area contributed by atoms with Crippen LogP contribution in [0.15, 0.2) is 24.3 Å². The maximum Gasteiger partial charge on any atom is 0.435 e. The average molecular weight is 413 g/mol. The third-order valence-electron chi connectivity index (χ3n) is 4.59. The molecule has 0 atom stereocenters. The number of hydrogen-bond acceptors (Lipinski definition) is 4. The molecule has 0 bridgehead atoms. The number of piperazine rings is 1. The van der Waals surface area contributed by atoms with Crippen LogP contribution in [0, 0.1) is 11.7 Å². The molecule has 1 fully saturated rings. The van der Waals surface area contributed by atoms with Gasteiger partial charge in [-0.05, 0) is 24.3 Å². The molecule has 7 nitrogen and oxygen atoms in total. The number of hydrogen-bond donors (Lipinski definition) is 0. The van der Waals surface area contributed by atoms with E-state index in [0.717, 1.165) is 24.3 Å². The first-order valence-electron chi connectivity index (χ1n) is 8.96. The minimum absolute atomic E-state index is 0.0716. The lowest BCUT2D eigenvalue weighted by Gasteiger charge is -2.35. The monoisotopic (exact) mass is 413 g/mol. The van der Waals surface area contributed by atoms with E-state index in [0.29, 0.717) is 4.68 Å². The number of aromatic nitrogens is 3. The highest BCUT2D eigenvalue weighted by Gasteiger charge is 2.43. The minimum atomic E-state index is -4.90. The van der Waals surface area contributed by atoms with Crippen molar-refractivity contribution < 1.29 is 27.2 Å². The zero-order chi connectivity index (χ0) is 21.3. The predicted octanol–water partition coefficient (Wildman–Crippen LogP) is 2.37. The molecule has 0 spiro atoms. The highest BCUT2D eigenvalue weighted by molar-refractivity contribution is 5.94. The van der Waals surface area contributed by atoms with Gasteiger partial charge in [-0.15, -0.1) is 5.10 Å². The molecule has 1 saturated heterocycles. The van der Waals surface area contributed by atoms with Gasteiger partial charge in [-0.1, -0.05) is 19.1 Å². The number of alkyl halides is 3. The predicted molar refractivity (Wildman–Crippen MR) is 93.6 cm³/mol. The molecule has 1 aromatic heterocycles. The van der Waals surface area contributed by atoms with Gasteiger partial charge in [-0.2, -0.15) is 13.2 Å². The van der Waals surface area contributed by atoms with Crippen LogP contribution in [0.2, 0.25) is 0 Å². The quantitative estimate of drug-likeness (QED) is 0.725. The van der Waals surface area contributed by atoms with Crippen molar-refractivity contribution in [3.8, 4) is 5.69 Å². The molecule has 1 aromatic carbocycles. The molecule has 0 aliphatic carbocycles. The zero-order valence-electron chi connectivity index (χ0n) is 15.8. The van der Waals surface area contributed by atoms with E-state index in [-0.39, 0.29) is 43.7 Å². The topological polar surface area (TPSA) is 71.3 Å². The van der Waals surface area contributed by atoms with E-state index in [1.165, 1.54) is 4.90 Å². The first-order chi connectivity index (χ1) is 13.6. The van der Waals surface area contributed by atoms with Crippen molar-refractivity contribution >= 4 is 11.8 Å². The molecule has 2 amide bonds. The molecule has 156 valence electrons. The highest BCUT2D eigenvalue weighted by atomic mass is 19.4. The summed E-state index contributed by atoms with van der Waals surface area (Å²) in [6.07, 6.45) is -4.90. The van der Waals surface area contributed by atoms with Crippen LogP contribution in [0.1, 0.15) is 30.0 Å². The Morgan fingerprint density at radius 3 is 2.07 bits per heavy atom. The van der Waals surface area contributed by atoms with Crippen LogP contribution in [0.5, 0.6) is 0 Å². The summed E-state index contributed by atoms with van der Waals surface area (Å²) in [5.74, 6) is -1.81. The summed E-state index contributed by atoms with van der Waals surface area (Å²) in [5.41, 5.74) is -2.22. The maximum absolute atomic E-state index is 13.7. The van der Waals surface area contributed by atoms with Crippen molar-refractivity contribution in [2.24, 2.45) is 5.92 Å². The summed E-state index contributed by atoms with van der Waals surface area (Å²) in [6.45, 7) is 4.16. The molecule has 3 rings (SSSR count). The number of rotatable bonds is 3. The summed E-state index contributed by atoms with van der Waals surface area (Å²) in [4.78, 5) is 27.6. The SMILES string of the molecule is CC(C)C(=O)N1CCN(C(=O)c2nnn(-c3ccc(F)cc3)c2C(F)(F)F)CC1. The van der Waals surface area contributed by atoms with Crippen molar-refractivity contribution in [3.05, 3.63) is 41.5 Å². The number of halogens is 4. The molecule has 1 aliphatic rings. The largest absolute Gasteiger partial charge is 0.435 e. The van der Waals surface area contributed by atoms with Crippen LogP contribution in [0.25, 0.3) is 5.69 Å². The molecule has 29 heavy (non-hydrogen) atoms. The van der Waals surface area contributed by atoms with Gasteiger partial charge in [-0.25, -0.2) is 9.07 Å². The van der Waals surface area contributed by atoms with Gasteiger partial charge in [-0.3, -0.25) is 9.59 Å². The third kappa shape index (κ3) is 4.22. The molecular weight excluding hydrogens is 394 g/mol. The number of carbonyl (C=O) groups is 2. The van der Waals surface area contributed by atoms with Gasteiger partial charge < -0.3 is 9.80 Å². The van der Waals surface area contributed by atoms with Gasteiger partial charge in [0.25, 0.3) is 5.91 Å². The fourth-order valence-electron chi connectivity index (χ4n) is 3.09. The molecule has 0 radical (unpaired) electrons. The van der Waals surface area contributed by atoms with E-state index in [9.17, 15) is 27.2 Å². The van der Waals surface area contributed by atoms with Crippen molar-refractivity contribution in [2.45, 2.75) is 20.0 Å². The summed E-state index contributed by atoms with van der Waals surface area (Å²) < 4.78 is 54.7. The second kappa shape index (κ2) is 7.80. The first-order valence-corrected chi connectivity index (χ1v) is 8.96. The molecule has 1 aliphatic heterocycles. The fourth-order valence-corrected chi connectivity index (χ4v) is 3.09. The molecule has 2 heterocycles. The van der Waals surface area contributed by atoms with Crippen LogP contribution in [0.3, 0.4) is 0 Å². The van der Waals surface area contributed by atoms with Crippen LogP contribution in [0.4, 0.5) is 17.6 Å². The lowest BCUT2D eigenvalue weighted by Crippen LogP contribution is -2.51. The minimum Gasteiger partial charge on any atom is -0.339 e. The third-order valence-corrected chi connectivity index (χ3v) is 4.59. The summed E-state index contributed by atoms with van der Waals surface area (Å²) in [5, 5.41) is 6.94. The van der Waals surface area contributed by atoms with E-state index < -0.39 is 29.3 Å². The second-order valence-electron chi connectivity index (χ2n) is 6.94. The van der Waals surface area contributed by atoms with Crippen LogP contribution < -0.4 is 0 Å². The molecule has 11 heteroatoms. The Labute approximate surface area is 163 Å². The van der Waals surface area contributed by atoms with Gasteiger partial charge in [0.15, 0.2) is 11.4 Å². The van der Waals surface area contributed by atoms with E-state index >= 15 is 0 Å². The fraction of sp³-hybridized carbons (Fsp3) is 0.444. The Hall–Kier alpha value is -2.98. The first kappa shape index (κ1) is 20.7. The lowest BCUT2D eigenvalue weighted by molar-refractivity contribution is -0.143. The summed E-state index contributed by atoms with van der Waals surface area (Å²) in [6, 6.07) is 4.21. The van der Waals surface area contributed by atoms with Crippen molar-refractivity contribution in [1.29, 1.82) is 0 Å². The van der Waals surface area contributed by atoms with Crippen molar-refractivity contribution in [3.63, 3.8) is 0 Å². The number of benzene rings is 1. The molecule has 0 unspecified atom stereocenters. The summed E-state index contributed by atoms with van der Waals surface area (Å²) in [7, 11) is 0. The van der Waals surface area contributed by atoms with Crippen LogP contribution in [-0.2, 0) is 11.0 Å². The Balaban J connectivity index is 1.86. The van der Waals surface area contributed by atoms with Crippen LogP contribution >= 0.6 is 0 Å². The smallest absolute Gasteiger partial charge is 0.339 e. The Bertz CT molecular complexity index is 900. The number of nitrogens with zero attached hydrogens (tertiary/aromatic N) is 5.